The Morgan fingerprint density at radius 3 is 2.38 bits per heavy atom. The summed E-state index contributed by atoms with van der Waals surface area (Å²) < 4.78 is 1.97. The maximum atomic E-state index is 12.8. The molecule has 6 nitrogen and oxygen atoms in total. The summed E-state index contributed by atoms with van der Waals surface area (Å²) in [5.41, 5.74) is 4.35. The van der Waals surface area contributed by atoms with Gasteiger partial charge in [0.1, 0.15) is 12.4 Å². The number of imidazole rings is 1. The Morgan fingerprint density at radius 1 is 0.971 bits per heavy atom. The maximum absolute atomic E-state index is 12.8. The molecule has 0 aliphatic heterocycles. The molecule has 7 heteroatoms. The van der Waals surface area contributed by atoms with E-state index in [1.807, 2.05) is 96.6 Å². The fraction of sp³-hybridized carbons (Fsp3) is 0.222. The molecule has 0 unspecified atom stereocenters. The van der Waals surface area contributed by atoms with Crippen LogP contribution in [-0.4, -0.2) is 34.2 Å². The number of likely N-dealkylation sites (N-methyl/N-ethyl adjacent to an activating group) is 1. The van der Waals surface area contributed by atoms with Crippen molar-refractivity contribution in [2.24, 2.45) is 0 Å². The third kappa shape index (κ3) is 5.48. The van der Waals surface area contributed by atoms with E-state index >= 15 is 0 Å². The summed E-state index contributed by atoms with van der Waals surface area (Å²) in [6.45, 7) is 2.77. The normalized spacial score (nSPS) is 10.9. The predicted octanol–water partition coefficient (Wildman–Crippen LogP) is 5.13. The second-order valence-corrected chi connectivity index (χ2v) is 8.80. The van der Waals surface area contributed by atoms with Gasteiger partial charge in [0.25, 0.3) is 0 Å². The second kappa shape index (κ2) is 11.0. The van der Waals surface area contributed by atoms with Crippen molar-refractivity contribution in [3.63, 3.8) is 0 Å². The lowest BCUT2D eigenvalue weighted by Gasteiger charge is -2.21. The Labute approximate surface area is 204 Å². The van der Waals surface area contributed by atoms with Gasteiger partial charge in [-0.2, -0.15) is 11.8 Å². The van der Waals surface area contributed by atoms with E-state index in [1.54, 1.807) is 16.7 Å². The van der Waals surface area contributed by atoms with Gasteiger partial charge in [-0.05, 0) is 55.1 Å². The number of fused-ring (bicyclic) bond motifs is 1. The SMILES string of the molecule is CCN(C(=O)Cc1ccc(NC(=O)Cn2c(CSC)nc3ccccc32)cc1)c1ccccc1. The van der Waals surface area contributed by atoms with Crippen LogP contribution in [0.1, 0.15) is 18.3 Å². The topological polar surface area (TPSA) is 67.2 Å². The van der Waals surface area contributed by atoms with Crippen LogP contribution in [0.5, 0.6) is 0 Å². The summed E-state index contributed by atoms with van der Waals surface area (Å²) in [7, 11) is 0. The van der Waals surface area contributed by atoms with E-state index in [4.69, 9.17) is 0 Å². The first-order valence-corrected chi connectivity index (χ1v) is 12.7. The van der Waals surface area contributed by atoms with Crippen molar-refractivity contribution >= 4 is 46.0 Å². The third-order valence-electron chi connectivity index (χ3n) is 5.59. The molecule has 0 aliphatic carbocycles. The minimum atomic E-state index is -0.115. The number of aromatic nitrogens is 2. The standard InChI is InChI=1S/C27H28N4O2S/c1-3-30(22-9-5-4-6-10-22)27(33)17-20-13-15-21(16-14-20)28-26(32)18-31-24-12-8-7-11-23(24)29-25(31)19-34-2/h4-16H,3,17-19H2,1-2H3,(H,28,32). The first kappa shape index (κ1) is 23.6. The quantitative estimate of drug-likeness (QED) is 0.367. The molecule has 0 aliphatic rings. The van der Waals surface area contributed by atoms with Gasteiger partial charge in [-0.25, -0.2) is 4.98 Å². The Bertz CT molecular complexity index is 1270. The molecule has 0 radical (unpaired) electrons. The number of amides is 2. The van der Waals surface area contributed by atoms with Gasteiger partial charge in [-0.1, -0.05) is 42.5 Å². The van der Waals surface area contributed by atoms with Gasteiger partial charge in [0.05, 0.1) is 23.2 Å². The average molecular weight is 473 g/mol. The summed E-state index contributed by atoms with van der Waals surface area (Å²) in [5.74, 6) is 1.55. The van der Waals surface area contributed by atoms with Gasteiger partial charge in [0, 0.05) is 17.9 Å². The molecule has 2 amide bonds. The highest BCUT2D eigenvalue weighted by molar-refractivity contribution is 7.97. The largest absolute Gasteiger partial charge is 0.325 e. The summed E-state index contributed by atoms with van der Waals surface area (Å²) in [5, 5.41) is 2.96. The second-order valence-electron chi connectivity index (χ2n) is 7.93. The lowest BCUT2D eigenvalue weighted by atomic mass is 10.1. The van der Waals surface area contributed by atoms with Crippen molar-refractivity contribution in [2.75, 3.05) is 23.0 Å². The van der Waals surface area contributed by atoms with Crippen LogP contribution in [0, 0.1) is 0 Å². The number of para-hydroxylation sites is 3. The van der Waals surface area contributed by atoms with Crippen molar-refractivity contribution < 1.29 is 9.59 Å². The smallest absolute Gasteiger partial charge is 0.244 e. The van der Waals surface area contributed by atoms with Gasteiger partial charge >= 0.3 is 0 Å². The molecule has 1 heterocycles. The number of hydrogen-bond acceptors (Lipinski definition) is 4. The highest BCUT2D eigenvalue weighted by Crippen LogP contribution is 2.20. The number of carbonyl (C=O) groups is 2. The van der Waals surface area contributed by atoms with Gasteiger partial charge in [0.15, 0.2) is 0 Å². The van der Waals surface area contributed by atoms with Crippen LogP contribution in [0.15, 0.2) is 78.9 Å². The number of thioether (sulfide) groups is 1. The number of carbonyl (C=O) groups excluding carboxylic acids is 2. The number of anilines is 2. The van der Waals surface area contributed by atoms with Crippen LogP contribution in [0.3, 0.4) is 0 Å². The summed E-state index contributed by atoms with van der Waals surface area (Å²) in [4.78, 5) is 32.1. The van der Waals surface area contributed by atoms with Crippen molar-refractivity contribution in [1.82, 2.24) is 9.55 Å². The van der Waals surface area contributed by atoms with Crippen molar-refractivity contribution in [1.29, 1.82) is 0 Å². The van der Waals surface area contributed by atoms with E-state index in [9.17, 15) is 9.59 Å². The van der Waals surface area contributed by atoms with Crippen molar-refractivity contribution in [2.45, 2.75) is 25.6 Å². The molecule has 0 bridgehead atoms. The van der Waals surface area contributed by atoms with Crippen LogP contribution < -0.4 is 10.2 Å². The van der Waals surface area contributed by atoms with E-state index in [0.29, 0.717) is 18.7 Å². The lowest BCUT2D eigenvalue weighted by Crippen LogP contribution is -2.31. The molecule has 34 heavy (non-hydrogen) atoms. The highest BCUT2D eigenvalue weighted by atomic mass is 32.2. The molecule has 4 aromatic rings. The zero-order valence-corrected chi connectivity index (χ0v) is 20.2. The van der Waals surface area contributed by atoms with E-state index in [0.717, 1.165) is 33.9 Å². The maximum Gasteiger partial charge on any atom is 0.244 e. The number of benzene rings is 3. The van der Waals surface area contributed by atoms with Crippen LogP contribution in [0.25, 0.3) is 11.0 Å². The van der Waals surface area contributed by atoms with E-state index in [-0.39, 0.29) is 18.4 Å². The Hall–Kier alpha value is -3.58. The van der Waals surface area contributed by atoms with Crippen molar-refractivity contribution in [3.8, 4) is 0 Å². The van der Waals surface area contributed by atoms with Crippen molar-refractivity contribution in [3.05, 3.63) is 90.3 Å². The third-order valence-corrected chi connectivity index (χ3v) is 6.13. The molecular formula is C27H28N4O2S. The summed E-state index contributed by atoms with van der Waals surface area (Å²) >= 11 is 1.68. The Balaban J connectivity index is 1.40. The molecule has 4 rings (SSSR count). The minimum Gasteiger partial charge on any atom is -0.325 e. The van der Waals surface area contributed by atoms with Gasteiger partial charge in [0.2, 0.25) is 11.8 Å². The average Bonchev–Trinajstić information content (AvgIpc) is 3.18. The zero-order chi connectivity index (χ0) is 23.9. The molecule has 1 N–H and O–H groups in total. The molecule has 0 spiro atoms. The molecule has 0 saturated heterocycles. The molecule has 1 aromatic heterocycles. The Morgan fingerprint density at radius 2 is 1.68 bits per heavy atom. The van der Waals surface area contributed by atoms with Crippen LogP contribution in [0.4, 0.5) is 11.4 Å². The van der Waals surface area contributed by atoms with Gasteiger partial charge in [-0.15, -0.1) is 0 Å². The lowest BCUT2D eigenvalue weighted by molar-refractivity contribution is -0.118. The predicted molar refractivity (Wildman–Crippen MR) is 140 cm³/mol. The number of nitrogens with one attached hydrogen (secondary N) is 1. The Kier molecular flexibility index (Phi) is 7.65. The molecule has 0 atom stereocenters. The number of nitrogens with zero attached hydrogens (tertiary/aromatic N) is 3. The van der Waals surface area contributed by atoms with E-state index in [2.05, 4.69) is 10.3 Å². The number of rotatable bonds is 9. The minimum absolute atomic E-state index is 0.0406. The van der Waals surface area contributed by atoms with Gasteiger partial charge in [-0.3, -0.25) is 9.59 Å². The molecule has 3 aromatic carbocycles. The molecule has 174 valence electrons. The van der Waals surface area contributed by atoms with E-state index < -0.39 is 0 Å². The molecular weight excluding hydrogens is 444 g/mol. The van der Waals surface area contributed by atoms with Crippen LogP contribution in [-0.2, 0) is 28.3 Å². The summed E-state index contributed by atoms with van der Waals surface area (Å²) in [6.07, 6.45) is 2.33. The first-order chi connectivity index (χ1) is 16.6. The fourth-order valence-electron chi connectivity index (χ4n) is 3.97. The van der Waals surface area contributed by atoms with E-state index in [1.165, 1.54) is 0 Å². The molecule has 0 fully saturated rings. The molecule has 0 saturated carbocycles. The fourth-order valence-corrected chi connectivity index (χ4v) is 4.45. The van der Waals surface area contributed by atoms with Gasteiger partial charge < -0.3 is 14.8 Å². The van der Waals surface area contributed by atoms with Crippen LogP contribution >= 0.6 is 11.8 Å². The summed E-state index contributed by atoms with van der Waals surface area (Å²) in [6, 6.07) is 25.0. The zero-order valence-electron chi connectivity index (χ0n) is 19.4. The monoisotopic (exact) mass is 472 g/mol. The number of hydrogen-bond donors (Lipinski definition) is 1. The first-order valence-electron chi connectivity index (χ1n) is 11.3. The van der Waals surface area contributed by atoms with Crippen LogP contribution in [0.2, 0.25) is 0 Å². The highest BCUT2D eigenvalue weighted by Gasteiger charge is 2.15.